The molecule has 0 aliphatic carbocycles. The number of benzene rings is 1. The lowest BCUT2D eigenvalue weighted by Gasteiger charge is -2.43. The molecule has 0 radical (unpaired) electrons. The van der Waals surface area contributed by atoms with Crippen molar-refractivity contribution in [2.24, 2.45) is 0 Å². The highest BCUT2D eigenvalue weighted by Crippen LogP contribution is 2.48. The van der Waals surface area contributed by atoms with Gasteiger partial charge in [-0.3, -0.25) is 0 Å². The Labute approximate surface area is 134 Å². The van der Waals surface area contributed by atoms with Gasteiger partial charge in [-0.25, -0.2) is 0 Å². The lowest BCUT2D eigenvalue weighted by atomic mass is 9.77. The average molecular weight is 359 g/mol. The highest BCUT2D eigenvalue weighted by molar-refractivity contribution is 9.10. The van der Waals surface area contributed by atoms with Crippen LogP contribution in [0, 0.1) is 0 Å². The van der Waals surface area contributed by atoms with Crippen LogP contribution in [0.2, 0.25) is 0 Å². The monoisotopic (exact) mass is 358 g/mol. The fraction of sp³-hybridized carbons (Fsp3) is 0.625. The summed E-state index contributed by atoms with van der Waals surface area (Å²) in [5.74, 6) is 1.31. The number of rotatable bonds is 4. The molecule has 1 saturated heterocycles. The first-order valence-corrected chi connectivity index (χ1v) is 7.96. The van der Waals surface area contributed by atoms with Crippen molar-refractivity contribution >= 4 is 15.9 Å². The van der Waals surface area contributed by atoms with Crippen LogP contribution < -0.4 is 9.47 Å². The molecule has 0 amide bonds. The van der Waals surface area contributed by atoms with Crippen LogP contribution in [0.4, 0.5) is 0 Å². The molecule has 2 unspecified atom stereocenters. The Morgan fingerprint density at radius 1 is 1.33 bits per heavy atom. The molecule has 1 aliphatic heterocycles. The van der Waals surface area contributed by atoms with Crippen molar-refractivity contribution in [3.63, 3.8) is 0 Å². The van der Waals surface area contributed by atoms with Crippen LogP contribution in [0.15, 0.2) is 16.6 Å². The molecule has 5 heteroatoms. The lowest BCUT2D eigenvalue weighted by Crippen LogP contribution is -2.45. The summed E-state index contributed by atoms with van der Waals surface area (Å²) in [4.78, 5) is 0. The molecule has 0 saturated carbocycles. The number of aliphatic hydroxyl groups is 1. The highest BCUT2D eigenvalue weighted by Gasteiger charge is 2.44. The maximum Gasteiger partial charge on any atom is 0.142 e. The molecule has 118 valence electrons. The van der Waals surface area contributed by atoms with Crippen molar-refractivity contribution in [3.05, 3.63) is 22.2 Å². The number of hydrogen-bond acceptors (Lipinski definition) is 4. The maximum atomic E-state index is 11.2. The standard InChI is InChI=1S/C16H23BrO4/c1-5-15(2)10-16(18,8-9-21-15)11-6-7-12(19-3)13(17)14(11)20-4/h6-7,18H,5,8-10H2,1-4H3. The van der Waals surface area contributed by atoms with Gasteiger partial charge in [0.15, 0.2) is 0 Å². The van der Waals surface area contributed by atoms with Crippen LogP contribution in [-0.2, 0) is 10.3 Å². The Bertz CT molecular complexity index is 519. The fourth-order valence-electron chi connectivity index (χ4n) is 2.94. The van der Waals surface area contributed by atoms with Crippen molar-refractivity contribution in [3.8, 4) is 11.5 Å². The fourth-order valence-corrected chi connectivity index (χ4v) is 3.61. The van der Waals surface area contributed by atoms with E-state index in [1.807, 2.05) is 19.1 Å². The molecule has 0 spiro atoms. The molecular formula is C16H23BrO4. The predicted molar refractivity (Wildman–Crippen MR) is 85.0 cm³/mol. The summed E-state index contributed by atoms with van der Waals surface area (Å²) in [6, 6.07) is 3.72. The van der Waals surface area contributed by atoms with Gasteiger partial charge in [0.25, 0.3) is 0 Å². The largest absolute Gasteiger partial charge is 0.495 e. The summed E-state index contributed by atoms with van der Waals surface area (Å²) in [6.07, 6.45) is 1.96. The van der Waals surface area contributed by atoms with Gasteiger partial charge < -0.3 is 19.3 Å². The van der Waals surface area contributed by atoms with Crippen LogP contribution in [-0.4, -0.2) is 31.5 Å². The molecular weight excluding hydrogens is 336 g/mol. The van der Waals surface area contributed by atoms with Crippen LogP contribution in [0.25, 0.3) is 0 Å². The number of halogens is 1. The van der Waals surface area contributed by atoms with E-state index < -0.39 is 5.60 Å². The first-order chi connectivity index (χ1) is 9.89. The second-order valence-corrected chi connectivity index (χ2v) is 6.57. The highest BCUT2D eigenvalue weighted by atomic mass is 79.9. The molecule has 1 aromatic carbocycles. The van der Waals surface area contributed by atoms with Gasteiger partial charge in [-0.1, -0.05) is 6.92 Å². The van der Waals surface area contributed by atoms with Gasteiger partial charge in [0.1, 0.15) is 16.0 Å². The molecule has 2 rings (SSSR count). The lowest BCUT2D eigenvalue weighted by molar-refractivity contribution is -0.158. The van der Waals surface area contributed by atoms with E-state index in [4.69, 9.17) is 14.2 Å². The summed E-state index contributed by atoms with van der Waals surface area (Å²) < 4.78 is 17.4. The Balaban J connectivity index is 2.47. The van der Waals surface area contributed by atoms with Crippen LogP contribution in [0.5, 0.6) is 11.5 Å². The SMILES string of the molecule is CCC1(C)CC(O)(c2ccc(OC)c(Br)c2OC)CCO1. The summed E-state index contributed by atoms with van der Waals surface area (Å²) in [5.41, 5.74) is -0.492. The number of hydrogen-bond donors (Lipinski definition) is 1. The zero-order valence-electron chi connectivity index (χ0n) is 13.0. The van der Waals surface area contributed by atoms with Crippen molar-refractivity contribution in [2.45, 2.75) is 44.3 Å². The van der Waals surface area contributed by atoms with Crippen LogP contribution >= 0.6 is 15.9 Å². The Morgan fingerprint density at radius 3 is 2.62 bits per heavy atom. The quantitative estimate of drug-likeness (QED) is 0.892. The first-order valence-electron chi connectivity index (χ1n) is 7.16. The second kappa shape index (κ2) is 6.15. The van der Waals surface area contributed by atoms with E-state index in [2.05, 4.69) is 22.9 Å². The molecule has 0 aromatic heterocycles. The summed E-state index contributed by atoms with van der Waals surface area (Å²) >= 11 is 3.50. The summed E-state index contributed by atoms with van der Waals surface area (Å²) in [6.45, 7) is 4.66. The van der Waals surface area contributed by atoms with Gasteiger partial charge in [0.05, 0.1) is 32.0 Å². The third kappa shape index (κ3) is 3.05. The van der Waals surface area contributed by atoms with Gasteiger partial charge in [-0.15, -0.1) is 0 Å². The van der Waals surface area contributed by atoms with E-state index >= 15 is 0 Å². The molecule has 1 aromatic rings. The molecule has 1 N–H and O–H groups in total. The molecule has 21 heavy (non-hydrogen) atoms. The normalized spacial score (nSPS) is 29.2. The molecule has 1 heterocycles. The molecule has 1 fully saturated rings. The third-order valence-corrected chi connectivity index (χ3v) is 5.12. The Morgan fingerprint density at radius 2 is 2.05 bits per heavy atom. The van der Waals surface area contributed by atoms with Gasteiger partial charge in [-0.2, -0.15) is 0 Å². The smallest absolute Gasteiger partial charge is 0.142 e. The zero-order chi connectivity index (χ0) is 15.7. The van der Waals surface area contributed by atoms with Crippen molar-refractivity contribution in [1.82, 2.24) is 0 Å². The Kier molecular flexibility index (Phi) is 4.85. The van der Waals surface area contributed by atoms with E-state index in [-0.39, 0.29) is 5.60 Å². The molecule has 4 nitrogen and oxygen atoms in total. The first kappa shape index (κ1) is 16.6. The minimum atomic E-state index is -0.955. The van der Waals surface area contributed by atoms with Crippen molar-refractivity contribution in [2.75, 3.05) is 20.8 Å². The average Bonchev–Trinajstić information content (AvgIpc) is 2.46. The van der Waals surface area contributed by atoms with Crippen LogP contribution in [0.1, 0.15) is 38.7 Å². The topological polar surface area (TPSA) is 47.9 Å². The second-order valence-electron chi connectivity index (χ2n) is 5.77. The summed E-state index contributed by atoms with van der Waals surface area (Å²) in [5, 5.41) is 11.2. The van der Waals surface area contributed by atoms with E-state index in [9.17, 15) is 5.11 Å². The minimum absolute atomic E-state index is 0.315. The number of ether oxygens (including phenoxy) is 3. The Hall–Kier alpha value is -0.780. The predicted octanol–water partition coefficient (Wildman–Crippen LogP) is 3.63. The zero-order valence-corrected chi connectivity index (χ0v) is 14.6. The molecule has 1 aliphatic rings. The van der Waals surface area contributed by atoms with Crippen LogP contribution in [0.3, 0.4) is 0 Å². The summed E-state index contributed by atoms with van der Waals surface area (Å²) in [7, 11) is 3.21. The van der Waals surface area contributed by atoms with Crippen molar-refractivity contribution in [1.29, 1.82) is 0 Å². The van der Waals surface area contributed by atoms with Gasteiger partial charge in [0.2, 0.25) is 0 Å². The number of methoxy groups -OCH3 is 2. The van der Waals surface area contributed by atoms with E-state index in [1.54, 1.807) is 14.2 Å². The third-order valence-electron chi connectivity index (χ3n) is 4.37. The molecule has 0 bridgehead atoms. The van der Waals surface area contributed by atoms with E-state index in [0.717, 1.165) is 16.5 Å². The van der Waals surface area contributed by atoms with Crippen molar-refractivity contribution < 1.29 is 19.3 Å². The van der Waals surface area contributed by atoms with E-state index in [0.29, 0.717) is 30.9 Å². The van der Waals surface area contributed by atoms with Gasteiger partial charge >= 0.3 is 0 Å². The maximum absolute atomic E-state index is 11.2. The van der Waals surface area contributed by atoms with E-state index in [1.165, 1.54) is 0 Å². The van der Waals surface area contributed by atoms with Gasteiger partial charge in [-0.05, 0) is 41.4 Å². The minimum Gasteiger partial charge on any atom is -0.495 e. The molecule has 2 atom stereocenters. The van der Waals surface area contributed by atoms with Gasteiger partial charge in [0, 0.05) is 18.4 Å².